The normalized spacial score (nSPS) is 18.9. The number of allylic oxidation sites excluding steroid dienone is 1. The molecule has 3 heterocycles. The number of amides is 2. The van der Waals surface area contributed by atoms with Crippen LogP contribution in [0.3, 0.4) is 0 Å². The third kappa shape index (κ3) is 3.36. The number of carbonyl (C=O) groups excluding carboxylic acids is 1. The molecule has 2 aromatic rings. The molecule has 0 radical (unpaired) electrons. The van der Waals surface area contributed by atoms with Gasteiger partial charge in [0.15, 0.2) is 0 Å². The Balaban J connectivity index is 1.66. The molecule has 8 heteroatoms. The number of thiophene rings is 1. The van der Waals surface area contributed by atoms with Crippen LogP contribution < -0.4 is 0 Å². The second-order valence-corrected chi connectivity index (χ2v) is 7.58. The second-order valence-electron chi connectivity index (χ2n) is 6.28. The molecule has 138 valence electrons. The summed E-state index contributed by atoms with van der Waals surface area (Å²) >= 11 is 7.11. The zero-order valence-electron chi connectivity index (χ0n) is 14.2. The van der Waals surface area contributed by atoms with E-state index < -0.39 is 12.1 Å². The van der Waals surface area contributed by atoms with Crippen LogP contribution in [0.1, 0.15) is 32.4 Å². The Morgan fingerprint density at radius 1 is 1.30 bits per heavy atom. The Hall–Kier alpha value is -2.64. The molecule has 2 aliphatic heterocycles. The van der Waals surface area contributed by atoms with Gasteiger partial charge in [0.1, 0.15) is 11.8 Å². The van der Waals surface area contributed by atoms with E-state index in [9.17, 15) is 14.7 Å². The fraction of sp³-hybridized carbons (Fsp3) is 0.211. The summed E-state index contributed by atoms with van der Waals surface area (Å²) in [6, 6.07) is 9.23. The van der Waals surface area contributed by atoms with Crippen molar-refractivity contribution in [2.24, 2.45) is 4.99 Å². The number of hydrogen-bond acceptors (Lipinski definition) is 4. The number of carboxylic acid groups (broad SMARTS) is 1. The lowest BCUT2D eigenvalue weighted by Crippen LogP contribution is -2.39. The molecule has 1 N–H and O–H groups in total. The van der Waals surface area contributed by atoms with E-state index in [4.69, 9.17) is 11.6 Å². The van der Waals surface area contributed by atoms with Crippen molar-refractivity contribution in [2.75, 3.05) is 13.2 Å². The van der Waals surface area contributed by atoms with E-state index in [1.165, 1.54) is 21.1 Å². The van der Waals surface area contributed by atoms with Crippen molar-refractivity contribution in [1.29, 1.82) is 0 Å². The van der Waals surface area contributed by atoms with Crippen molar-refractivity contribution in [3.63, 3.8) is 0 Å². The number of aliphatic imine (C=N–C) groups is 1. The Labute approximate surface area is 165 Å². The first kappa shape index (κ1) is 17.8. The number of rotatable bonds is 2. The van der Waals surface area contributed by atoms with E-state index >= 15 is 0 Å². The van der Waals surface area contributed by atoms with Crippen molar-refractivity contribution in [3.8, 4) is 0 Å². The minimum Gasteiger partial charge on any atom is -0.465 e. The average Bonchev–Trinajstić information content (AvgIpc) is 3.16. The monoisotopic (exact) mass is 401 g/mol. The Kier molecular flexibility index (Phi) is 4.72. The van der Waals surface area contributed by atoms with E-state index in [1.54, 1.807) is 18.3 Å². The average molecular weight is 402 g/mol. The molecule has 6 nitrogen and oxygen atoms in total. The van der Waals surface area contributed by atoms with Gasteiger partial charge < -0.3 is 5.11 Å². The van der Waals surface area contributed by atoms with E-state index in [2.05, 4.69) is 4.99 Å². The summed E-state index contributed by atoms with van der Waals surface area (Å²) in [6.07, 6.45) is 2.90. The summed E-state index contributed by atoms with van der Waals surface area (Å²) in [5, 5.41) is 11.9. The number of hydrogen-bond donors (Lipinski definition) is 1. The first-order chi connectivity index (χ1) is 13.0. The SMILES string of the molecule is O=C(c1cc(C2c3ccccc3CCN2C(=O)O)cs1)N1C=CC(Cl)=NC1. The zero-order valence-corrected chi connectivity index (χ0v) is 15.8. The Morgan fingerprint density at radius 2 is 2.11 bits per heavy atom. The predicted octanol–water partition coefficient (Wildman–Crippen LogP) is 3.94. The summed E-state index contributed by atoms with van der Waals surface area (Å²) < 4.78 is 0. The fourth-order valence-corrected chi connectivity index (χ4v) is 4.40. The molecule has 1 aromatic heterocycles. The molecule has 0 fully saturated rings. The highest BCUT2D eigenvalue weighted by Gasteiger charge is 2.33. The van der Waals surface area contributed by atoms with Crippen molar-refractivity contribution in [2.45, 2.75) is 12.5 Å². The molecule has 1 unspecified atom stereocenters. The standard InChI is InChI=1S/C19H16ClN3O3S/c20-16-6-7-22(11-21-16)18(24)15-9-13(10-27-15)17-14-4-2-1-3-12(14)5-8-23(17)19(25)26/h1-4,6-7,9-10,17H,5,8,11H2,(H,25,26). The van der Waals surface area contributed by atoms with Crippen LogP contribution in [0.5, 0.6) is 0 Å². The molecule has 4 rings (SSSR count). The molecule has 1 atom stereocenters. The predicted molar refractivity (Wildman–Crippen MR) is 105 cm³/mol. The highest BCUT2D eigenvalue weighted by Crippen LogP contribution is 2.37. The largest absolute Gasteiger partial charge is 0.465 e. The summed E-state index contributed by atoms with van der Waals surface area (Å²) in [5.41, 5.74) is 2.92. The molecule has 0 spiro atoms. The summed E-state index contributed by atoms with van der Waals surface area (Å²) in [7, 11) is 0. The number of halogens is 1. The third-order valence-electron chi connectivity index (χ3n) is 4.70. The van der Waals surface area contributed by atoms with Gasteiger partial charge in [0.2, 0.25) is 0 Å². The van der Waals surface area contributed by atoms with Gasteiger partial charge >= 0.3 is 6.09 Å². The highest BCUT2D eigenvalue weighted by molar-refractivity contribution is 7.12. The van der Waals surface area contributed by atoms with Crippen LogP contribution in [-0.4, -0.2) is 45.3 Å². The maximum absolute atomic E-state index is 12.7. The van der Waals surface area contributed by atoms with Crippen molar-refractivity contribution >= 4 is 40.1 Å². The van der Waals surface area contributed by atoms with E-state index in [0.717, 1.165) is 16.7 Å². The van der Waals surface area contributed by atoms with Crippen LogP contribution in [0.2, 0.25) is 0 Å². The van der Waals surface area contributed by atoms with Gasteiger partial charge in [-0.25, -0.2) is 4.79 Å². The van der Waals surface area contributed by atoms with Crippen LogP contribution >= 0.6 is 22.9 Å². The molecular weight excluding hydrogens is 386 g/mol. The lowest BCUT2D eigenvalue weighted by molar-refractivity contribution is 0.0829. The van der Waals surface area contributed by atoms with Crippen LogP contribution in [0.25, 0.3) is 0 Å². The summed E-state index contributed by atoms with van der Waals surface area (Å²) in [6.45, 7) is 0.604. The van der Waals surface area contributed by atoms with Crippen molar-refractivity contribution in [1.82, 2.24) is 9.80 Å². The van der Waals surface area contributed by atoms with Gasteiger partial charge in [0.05, 0.1) is 10.9 Å². The molecule has 1 aromatic carbocycles. The van der Waals surface area contributed by atoms with Gasteiger partial charge in [-0.05, 0) is 40.6 Å². The molecule has 2 amide bonds. The maximum atomic E-state index is 12.7. The van der Waals surface area contributed by atoms with Gasteiger partial charge in [0, 0.05) is 12.7 Å². The van der Waals surface area contributed by atoms with E-state index in [-0.39, 0.29) is 12.6 Å². The van der Waals surface area contributed by atoms with Crippen LogP contribution in [-0.2, 0) is 6.42 Å². The van der Waals surface area contributed by atoms with Gasteiger partial charge in [0.25, 0.3) is 5.91 Å². The number of benzene rings is 1. The molecule has 27 heavy (non-hydrogen) atoms. The lowest BCUT2D eigenvalue weighted by atomic mass is 9.89. The van der Waals surface area contributed by atoms with E-state index in [1.807, 2.05) is 29.6 Å². The maximum Gasteiger partial charge on any atom is 0.408 e. The van der Waals surface area contributed by atoms with Gasteiger partial charge in [-0.2, -0.15) is 0 Å². The van der Waals surface area contributed by atoms with Gasteiger partial charge in [-0.15, -0.1) is 11.3 Å². The molecule has 0 saturated heterocycles. The molecule has 2 aliphatic rings. The molecule has 0 bridgehead atoms. The van der Waals surface area contributed by atoms with Crippen LogP contribution in [0, 0.1) is 0 Å². The molecule has 0 aliphatic carbocycles. The highest BCUT2D eigenvalue weighted by atomic mass is 35.5. The number of nitrogens with zero attached hydrogens (tertiary/aromatic N) is 3. The summed E-state index contributed by atoms with van der Waals surface area (Å²) in [4.78, 5) is 32.0. The topological polar surface area (TPSA) is 73.2 Å². The van der Waals surface area contributed by atoms with Crippen molar-refractivity contribution in [3.05, 3.63) is 69.6 Å². The molecule has 0 saturated carbocycles. The number of fused-ring (bicyclic) bond motifs is 1. The van der Waals surface area contributed by atoms with Gasteiger partial charge in [-0.3, -0.25) is 19.6 Å². The minimum atomic E-state index is -0.962. The third-order valence-corrected chi connectivity index (χ3v) is 5.88. The lowest BCUT2D eigenvalue weighted by Gasteiger charge is -2.35. The first-order valence-corrected chi connectivity index (χ1v) is 9.65. The number of carbonyl (C=O) groups is 2. The first-order valence-electron chi connectivity index (χ1n) is 8.39. The van der Waals surface area contributed by atoms with Gasteiger partial charge in [-0.1, -0.05) is 35.9 Å². The Bertz CT molecular complexity index is 969. The fourth-order valence-electron chi connectivity index (χ4n) is 3.41. The summed E-state index contributed by atoms with van der Waals surface area (Å²) in [5.74, 6) is -0.179. The molecular formula is C19H16ClN3O3S. The Morgan fingerprint density at radius 3 is 2.85 bits per heavy atom. The van der Waals surface area contributed by atoms with Crippen LogP contribution in [0.15, 0.2) is 53.0 Å². The second kappa shape index (κ2) is 7.17. The van der Waals surface area contributed by atoms with Crippen LogP contribution in [0.4, 0.5) is 4.79 Å². The van der Waals surface area contributed by atoms with E-state index in [0.29, 0.717) is 23.0 Å². The van der Waals surface area contributed by atoms with Crippen molar-refractivity contribution < 1.29 is 14.7 Å². The smallest absolute Gasteiger partial charge is 0.408 e. The quantitative estimate of drug-likeness (QED) is 0.828. The zero-order chi connectivity index (χ0) is 19.0. The minimum absolute atomic E-state index is 0.176.